The van der Waals surface area contributed by atoms with Crippen molar-refractivity contribution >= 4 is 5.91 Å². The molecule has 0 aliphatic carbocycles. The van der Waals surface area contributed by atoms with Gasteiger partial charge in [0.1, 0.15) is 0 Å². The first kappa shape index (κ1) is 15.7. The number of carbonyl (C=O) groups excluding carboxylic acids is 1. The Hall–Kier alpha value is -0.690. The highest BCUT2D eigenvalue weighted by atomic mass is 16.5. The van der Waals surface area contributed by atoms with Gasteiger partial charge in [0.15, 0.2) is 0 Å². The van der Waals surface area contributed by atoms with Gasteiger partial charge in [0.2, 0.25) is 5.91 Å². The lowest BCUT2D eigenvalue weighted by atomic mass is 9.90. The molecule has 116 valence electrons. The second-order valence-corrected chi connectivity index (χ2v) is 5.59. The molecule has 20 heavy (non-hydrogen) atoms. The minimum atomic E-state index is -0.753. The minimum absolute atomic E-state index is 0.0695. The van der Waals surface area contributed by atoms with Crippen LogP contribution in [-0.2, 0) is 19.0 Å². The molecule has 6 nitrogen and oxygen atoms in total. The Kier molecular flexibility index (Phi) is 6.22. The van der Waals surface area contributed by atoms with Gasteiger partial charge in [-0.25, -0.2) is 0 Å². The quantitative estimate of drug-likeness (QED) is 0.653. The third-order valence-corrected chi connectivity index (χ3v) is 3.92. The molecule has 2 aliphatic heterocycles. The summed E-state index contributed by atoms with van der Waals surface area (Å²) in [7, 11) is 0. The average Bonchev–Trinajstić information content (AvgIpc) is 2.96. The molecule has 2 heterocycles. The number of ether oxygens (including phenoxy) is 3. The maximum atomic E-state index is 12.0. The Morgan fingerprint density at radius 2 is 2.15 bits per heavy atom. The number of nitrogens with two attached hydrogens (primary N) is 1. The Morgan fingerprint density at radius 3 is 2.85 bits per heavy atom. The zero-order valence-corrected chi connectivity index (χ0v) is 12.1. The predicted molar refractivity (Wildman–Crippen MR) is 74.4 cm³/mol. The van der Waals surface area contributed by atoms with Crippen molar-refractivity contribution in [1.29, 1.82) is 0 Å². The Bertz CT molecular complexity index is 300. The first-order valence-corrected chi connectivity index (χ1v) is 7.55. The van der Waals surface area contributed by atoms with Gasteiger partial charge < -0.3 is 25.3 Å². The van der Waals surface area contributed by atoms with Crippen LogP contribution in [0.4, 0.5) is 0 Å². The highest BCUT2D eigenvalue weighted by molar-refractivity contribution is 5.86. The topological polar surface area (TPSA) is 82.8 Å². The van der Waals surface area contributed by atoms with E-state index in [1.807, 2.05) is 0 Å². The molecule has 6 heteroatoms. The summed E-state index contributed by atoms with van der Waals surface area (Å²) in [5.41, 5.74) is 5.33. The second-order valence-electron chi connectivity index (χ2n) is 5.59. The Balaban J connectivity index is 1.50. The molecule has 0 aromatic rings. The van der Waals surface area contributed by atoms with Crippen LogP contribution >= 0.6 is 0 Å². The van der Waals surface area contributed by atoms with Crippen molar-refractivity contribution in [2.45, 2.75) is 43.7 Å². The molecule has 0 aromatic carbocycles. The van der Waals surface area contributed by atoms with Crippen LogP contribution in [0.5, 0.6) is 0 Å². The lowest BCUT2D eigenvalue weighted by Gasteiger charge is -2.31. The molecule has 2 aliphatic rings. The zero-order chi connectivity index (χ0) is 14.3. The third-order valence-electron chi connectivity index (χ3n) is 3.92. The van der Waals surface area contributed by atoms with Crippen LogP contribution in [0.2, 0.25) is 0 Å². The predicted octanol–water partition coefficient (Wildman–Crippen LogP) is 0.196. The van der Waals surface area contributed by atoms with E-state index in [1.54, 1.807) is 0 Å². The molecular weight excluding hydrogens is 260 g/mol. The average molecular weight is 286 g/mol. The summed E-state index contributed by atoms with van der Waals surface area (Å²) in [6.45, 7) is 3.88. The van der Waals surface area contributed by atoms with Gasteiger partial charge in [-0.3, -0.25) is 4.79 Å². The molecular formula is C14H26N2O4. The van der Waals surface area contributed by atoms with Crippen LogP contribution < -0.4 is 11.1 Å². The molecule has 0 bridgehead atoms. The summed E-state index contributed by atoms with van der Waals surface area (Å²) in [5.74, 6) is -0.0695. The monoisotopic (exact) mass is 286 g/mol. The van der Waals surface area contributed by atoms with Gasteiger partial charge in [0.05, 0.1) is 18.2 Å². The van der Waals surface area contributed by atoms with E-state index in [4.69, 9.17) is 19.9 Å². The van der Waals surface area contributed by atoms with Crippen molar-refractivity contribution in [1.82, 2.24) is 5.32 Å². The molecule has 0 saturated carbocycles. The number of amides is 1. The fourth-order valence-electron chi connectivity index (χ4n) is 2.51. The summed E-state index contributed by atoms with van der Waals surface area (Å²) in [6, 6.07) is 0. The lowest BCUT2D eigenvalue weighted by molar-refractivity contribution is -0.129. The highest BCUT2D eigenvalue weighted by Gasteiger charge is 2.35. The fraction of sp³-hybridized carbons (Fsp3) is 0.929. The molecule has 0 radical (unpaired) electrons. The molecule has 2 fully saturated rings. The van der Waals surface area contributed by atoms with Crippen molar-refractivity contribution in [3.8, 4) is 0 Å². The number of hydrogen-bond donors (Lipinski definition) is 2. The van der Waals surface area contributed by atoms with E-state index in [-0.39, 0.29) is 12.0 Å². The van der Waals surface area contributed by atoms with Gasteiger partial charge in [-0.2, -0.15) is 0 Å². The molecule has 2 saturated heterocycles. The minimum Gasteiger partial charge on any atom is -0.381 e. The first-order valence-electron chi connectivity index (χ1n) is 7.55. The summed E-state index contributed by atoms with van der Waals surface area (Å²) in [4.78, 5) is 12.0. The molecule has 0 spiro atoms. The fourth-order valence-corrected chi connectivity index (χ4v) is 2.51. The third kappa shape index (κ3) is 4.70. The van der Waals surface area contributed by atoms with Gasteiger partial charge in [-0.15, -0.1) is 0 Å². The van der Waals surface area contributed by atoms with Crippen LogP contribution in [0.3, 0.4) is 0 Å². The van der Waals surface area contributed by atoms with E-state index in [1.165, 1.54) is 0 Å². The molecule has 1 amide bonds. The van der Waals surface area contributed by atoms with E-state index in [0.29, 0.717) is 45.8 Å². The Morgan fingerprint density at radius 1 is 1.35 bits per heavy atom. The second kappa shape index (κ2) is 7.93. The molecule has 0 aromatic heterocycles. The normalized spacial score (nSPS) is 25.6. The van der Waals surface area contributed by atoms with Crippen LogP contribution in [0.25, 0.3) is 0 Å². The number of nitrogens with one attached hydrogen (secondary N) is 1. The summed E-state index contributed by atoms with van der Waals surface area (Å²) in [6.07, 6.45) is 4.47. The Labute approximate surface area is 120 Å². The summed E-state index contributed by atoms with van der Waals surface area (Å²) >= 11 is 0. The van der Waals surface area contributed by atoms with E-state index >= 15 is 0 Å². The van der Waals surface area contributed by atoms with Gasteiger partial charge in [-0.1, -0.05) is 0 Å². The SMILES string of the molecule is NC1(C(=O)NCCCOCC2CCCO2)CCOCC1. The first-order chi connectivity index (χ1) is 9.71. The molecule has 3 N–H and O–H groups in total. The van der Waals surface area contributed by atoms with Crippen molar-refractivity contribution in [3.05, 3.63) is 0 Å². The van der Waals surface area contributed by atoms with E-state index < -0.39 is 5.54 Å². The zero-order valence-electron chi connectivity index (χ0n) is 12.1. The van der Waals surface area contributed by atoms with Gasteiger partial charge >= 0.3 is 0 Å². The van der Waals surface area contributed by atoms with E-state index in [9.17, 15) is 4.79 Å². The molecule has 2 rings (SSSR count). The number of carbonyl (C=O) groups is 1. The standard InChI is InChI=1S/C14H26N2O4/c15-14(4-9-18-10-5-14)13(17)16-6-2-7-19-11-12-3-1-8-20-12/h12H,1-11,15H2,(H,16,17). The van der Waals surface area contributed by atoms with Crippen molar-refractivity contribution in [2.24, 2.45) is 5.73 Å². The largest absolute Gasteiger partial charge is 0.381 e. The maximum absolute atomic E-state index is 12.0. The van der Waals surface area contributed by atoms with Gasteiger partial charge in [-0.05, 0) is 32.1 Å². The molecule has 1 unspecified atom stereocenters. The van der Waals surface area contributed by atoms with E-state index in [2.05, 4.69) is 5.32 Å². The lowest BCUT2D eigenvalue weighted by Crippen LogP contribution is -2.57. The van der Waals surface area contributed by atoms with Gasteiger partial charge in [0.25, 0.3) is 0 Å². The van der Waals surface area contributed by atoms with Crippen molar-refractivity contribution < 1.29 is 19.0 Å². The number of rotatable bonds is 7. The smallest absolute Gasteiger partial charge is 0.240 e. The van der Waals surface area contributed by atoms with Crippen molar-refractivity contribution in [3.63, 3.8) is 0 Å². The van der Waals surface area contributed by atoms with Crippen molar-refractivity contribution in [2.75, 3.05) is 39.6 Å². The van der Waals surface area contributed by atoms with Gasteiger partial charge in [0, 0.05) is 33.0 Å². The van der Waals surface area contributed by atoms with E-state index in [0.717, 1.165) is 25.9 Å². The molecule has 1 atom stereocenters. The highest BCUT2D eigenvalue weighted by Crippen LogP contribution is 2.17. The van der Waals surface area contributed by atoms with Crippen LogP contribution in [-0.4, -0.2) is 57.1 Å². The number of hydrogen-bond acceptors (Lipinski definition) is 5. The summed E-state index contributed by atoms with van der Waals surface area (Å²) in [5, 5.41) is 2.89. The van der Waals surface area contributed by atoms with Crippen LogP contribution in [0, 0.1) is 0 Å². The summed E-state index contributed by atoms with van der Waals surface area (Å²) < 4.78 is 16.2. The maximum Gasteiger partial charge on any atom is 0.240 e. The van der Waals surface area contributed by atoms with Crippen LogP contribution in [0.1, 0.15) is 32.1 Å². The van der Waals surface area contributed by atoms with Crippen LogP contribution in [0.15, 0.2) is 0 Å².